The summed E-state index contributed by atoms with van der Waals surface area (Å²) in [7, 11) is 4.61. The predicted octanol–water partition coefficient (Wildman–Crippen LogP) is 0.712. The molecular formula is C20H24N6O4S. The fraction of sp³-hybridized carbons (Fsp3) is 0.400. The van der Waals surface area contributed by atoms with Crippen LogP contribution >= 0.6 is 11.8 Å². The molecule has 0 aromatic carbocycles. The van der Waals surface area contributed by atoms with Gasteiger partial charge in [0.25, 0.3) is 11.5 Å². The van der Waals surface area contributed by atoms with Crippen molar-refractivity contribution >= 4 is 34.6 Å². The highest BCUT2D eigenvalue weighted by molar-refractivity contribution is 8.00. The molecule has 0 saturated heterocycles. The monoisotopic (exact) mass is 444 g/mol. The summed E-state index contributed by atoms with van der Waals surface area (Å²) in [6.45, 7) is 5.73. The van der Waals surface area contributed by atoms with Crippen LogP contribution in [0.3, 0.4) is 0 Å². The number of carbonyl (C=O) groups is 2. The summed E-state index contributed by atoms with van der Waals surface area (Å²) in [5.41, 5.74) is -0.939. The number of carbonyl (C=O) groups excluding carboxylic acids is 2. The van der Waals surface area contributed by atoms with E-state index in [9.17, 15) is 19.2 Å². The van der Waals surface area contributed by atoms with Crippen molar-refractivity contribution in [2.45, 2.75) is 31.2 Å². The van der Waals surface area contributed by atoms with Gasteiger partial charge in [-0.3, -0.25) is 28.8 Å². The van der Waals surface area contributed by atoms with Crippen molar-refractivity contribution in [2.24, 2.45) is 21.1 Å². The number of fused-ring (bicyclic) bond motifs is 1. The van der Waals surface area contributed by atoms with Gasteiger partial charge in [0, 0.05) is 32.8 Å². The van der Waals surface area contributed by atoms with E-state index >= 15 is 0 Å². The Labute approximate surface area is 182 Å². The Kier molecular flexibility index (Phi) is 5.90. The lowest BCUT2D eigenvalue weighted by atomic mass is 9.96. The molecule has 31 heavy (non-hydrogen) atoms. The number of aryl methyl sites for hydroxylation is 2. The van der Waals surface area contributed by atoms with Gasteiger partial charge in [-0.2, -0.15) is 0 Å². The first-order chi connectivity index (χ1) is 14.4. The fourth-order valence-corrected chi connectivity index (χ4v) is 3.74. The van der Waals surface area contributed by atoms with Crippen LogP contribution in [0.1, 0.15) is 37.1 Å². The van der Waals surface area contributed by atoms with Crippen molar-refractivity contribution in [3.8, 4) is 0 Å². The first-order valence-corrected chi connectivity index (χ1v) is 10.5. The first kappa shape index (κ1) is 22.5. The lowest BCUT2D eigenvalue weighted by Gasteiger charge is -2.19. The molecule has 3 aromatic heterocycles. The molecule has 0 aliphatic carbocycles. The van der Waals surface area contributed by atoms with Crippen LogP contribution in [0.25, 0.3) is 11.0 Å². The molecule has 0 spiro atoms. The maximum absolute atomic E-state index is 12.8. The van der Waals surface area contributed by atoms with Gasteiger partial charge in [-0.05, 0) is 12.1 Å². The molecule has 0 bridgehead atoms. The molecule has 0 atom stereocenters. The predicted molar refractivity (Wildman–Crippen MR) is 117 cm³/mol. The molecular weight excluding hydrogens is 420 g/mol. The van der Waals surface area contributed by atoms with Crippen LogP contribution in [0.5, 0.6) is 0 Å². The molecule has 0 aliphatic heterocycles. The lowest BCUT2D eigenvalue weighted by molar-refractivity contribution is -0.117. The van der Waals surface area contributed by atoms with Crippen LogP contribution in [0.4, 0.5) is 0 Å². The van der Waals surface area contributed by atoms with Gasteiger partial charge >= 0.3 is 5.69 Å². The normalized spacial score (nSPS) is 11.7. The molecule has 0 radical (unpaired) electrons. The van der Waals surface area contributed by atoms with E-state index in [1.54, 1.807) is 29.9 Å². The van der Waals surface area contributed by atoms with Gasteiger partial charge < -0.3 is 4.57 Å². The molecule has 3 heterocycles. The summed E-state index contributed by atoms with van der Waals surface area (Å²) in [5.74, 6) is -0.745. The molecule has 2 amide bonds. The van der Waals surface area contributed by atoms with E-state index in [-0.39, 0.29) is 21.8 Å². The Balaban J connectivity index is 1.98. The van der Waals surface area contributed by atoms with Gasteiger partial charge in [-0.1, -0.05) is 32.5 Å². The average molecular weight is 445 g/mol. The maximum Gasteiger partial charge on any atom is 0.332 e. The van der Waals surface area contributed by atoms with Gasteiger partial charge in [0.15, 0.2) is 5.65 Å². The zero-order valence-electron chi connectivity index (χ0n) is 18.2. The Morgan fingerprint density at radius 1 is 1.10 bits per heavy atom. The van der Waals surface area contributed by atoms with Crippen LogP contribution in [-0.4, -0.2) is 41.2 Å². The standard InChI is InChI=1S/C20H24N6O4S/c1-20(2,3)18-22-14-13(17(29)26(6)19(30)25(14)5)16(23-18)31-10-12(27)21-15(28)11-8-7-9-24(11)4/h7-9H,10H2,1-6H3,(H,21,27,28). The van der Waals surface area contributed by atoms with E-state index in [2.05, 4.69) is 15.3 Å². The van der Waals surface area contributed by atoms with Crippen LogP contribution in [-0.2, 0) is 31.4 Å². The number of rotatable bonds is 4. The SMILES string of the molecule is Cn1cccc1C(=O)NC(=O)CSc1nc(C(C)(C)C)nc2c1c(=O)n(C)c(=O)n2C. The summed E-state index contributed by atoms with van der Waals surface area (Å²) in [6, 6.07) is 3.31. The number of aromatic nitrogens is 5. The molecule has 164 valence electrons. The van der Waals surface area contributed by atoms with E-state index in [1.807, 2.05) is 20.8 Å². The number of hydrogen-bond donors (Lipinski definition) is 1. The number of nitrogens with zero attached hydrogens (tertiary/aromatic N) is 5. The van der Waals surface area contributed by atoms with E-state index in [4.69, 9.17) is 0 Å². The molecule has 3 rings (SSSR count). The highest BCUT2D eigenvalue weighted by Crippen LogP contribution is 2.26. The van der Waals surface area contributed by atoms with Crippen LogP contribution < -0.4 is 16.6 Å². The van der Waals surface area contributed by atoms with Crippen molar-refractivity contribution in [3.63, 3.8) is 0 Å². The number of thioether (sulfide) groups is 1. The Morgan fingerprint density at radius 3 is 2.35 bits per heavy atom. The van der Waals surface area contributed by atoms with Gasteiger partial charge in [0.05, 0.1) is 5.75 Å². The van der Waals surface area contributed by atoms with Crippen molar-refractivity contribution < 1.29 is 9.59 Å². The first-order valence-electron chi connectivity index (χ1n) is 9.48. The summed E-state index contributed by atoms with van der Waals surface area (Å²) in [4.78, 5) is 58.8. The third kappa shape index (κ3) is 4.31. The van der Waals surface area contributed by atoms with Crippen molar-refractivity contribution in [3.05, 3.63) is 50.7 Å². The third-order valence-corrected chi connectivity index (χ3v) is 5.68. The van der Waals surface area contributed by atoms with E-state index in [0.717, 1.165) is 16.3 Å². The van der Waals surface area contributed by atoms with Gasteiger partial charge in [-0.25, -0.2) is 14.8 Å². The maximum atomic E-state index is 12.8. The van der Waals surface area contributed by atoms with E-state index in [1.165, 1.54) is 18.7 Å². The summed E-state index contributed by atoms with van der Waals surface area (Å²) in [5, 5.41) is 2.77. The second-order valence-electron chi connectivity index (χ2n) is 8.18. The topological polar surface area (TPSA) is 121 Å². The summed E-state index contributed by atoms with van der Waals surface area (Å²) in [6.07, 6.45) is 1.70. The van der Waals surface area contributed by atoms with Crippen molar-refractivity contribution in [1.82, 2.24) is 29.0 Å². The summed E-state index contributed by atoms with van der Waals surface area (Å²) >= 11 is 1.02. The minimum atomic E-state index is -0.540. The van der Waals surface area contributed by atoms with E-state index < -0.39 is 28.5 Å². The molecule has 10 nitrogen and oxygen atoms in total. The second-order valence-corrected chi connectivity index (χ2v) is 9.14. The molecule has 0 saturated carbocycles. The Hall–Kier alpha value is -3.21. The third-order valence-electron chi connectivity index (χ3n) is 4.71. The van der Waals surface area contributed by atoms with Crippen LogP contribution in [0, 0.1) is 0 Å². The number of imide groups is 1. The van der Waals surface area contributed by atoms with Gasteiger partial charge in [0.1, 0.15) is 21.9 Å². The smallest absolute Gasteiger partial charge is 0.332 e. The zero-order valence-corrected chi connectivity index (χ0v) is 19.0. The minimum absolute atomic E-state index is 0.141. The quantitative estimate of drug-likeness (QED) is 0.465. The van der Waals surface area contributed by atoms with Crippen molar-refractivity contribution in [1.29, 1.82) is 0 Å². The highest BCUT2D eigenvalue weighted by Gasteiger charge is 2.24. The Morgan fingerprint density at radius 2 is 1.77 bits per heavy atom. The molecule has 0 fully saturated rings. The molecule has 0 aliphatic rings. The highest BCUT2D eigenvalue weighted by atomic mass is 32.2. The number of hydrogen-bond acceptors (Lipinski definition) is 7. The fourth-order valence-electron chi connectivity index (χ4n) is 2.93. The lowest BCUT2D eigenvalue weighted by Crippen LogP contribution is -2.38. The van der Waals surface area contributed by atoms with E-state index in [0.29, 0.717) is 11.5 Å². The second kappa shape index (κ2) is 8.14. The largest absolute Gasteiger partial charge is 0.347 e. The van der Waals surface area contributed by atoms with Crippen LogP contribution in [0.2, 0.25) is 0 Å². The van der Waals surface area contributed by atoms with Crippen molar-refractivity contribution in [2.75, 3.05) is 5.75 Å². The number of nitrogens with one attached hydrogen (secondary N) is 1. The molecule has 1 N–H and O–H groups in total. The molecule has 3 aromatic rings. The van der Waals surface area contributed by atoms with Gasteiger partial charge in [0.2, 0.25) is 5.91 Å². The van der Waals surface area contributed by atoms with Gasteiger partial charge in [-0.15, -0.1) is 0 Å². The zero-order chi connectivity index (χ0) is 23.1. The number of amides is 2. The van der Waals surface area contributed by atoms with Crippen LogP contribution in [0.15, 0.2) is 32.9 Å². The average Bonchev–Trinajstić information content (AvgIpc) is 3.13. The molecule has 11 heteroatoms. The minimum Gasteiger partial charge on any atom is -0.347 e. The Bertz CT molecular complexity index is 1310. The molecule has 0 unspecified atom stereocenters. The summed E-state index contributed by atoms with van der Waals surface area (Å²) < 4.78 is 3.87.